The summed E-state index contributed by atoms with van der Waals surface area (Å²) in [5, 5.41) is 7.11. The summed E-state index contributed by atoms with van der Waals surface area (Å²) >= 11 is 0. The molecular formula is C45H29NO2. The number of rotatable bonds is 2. The lowest BCUT2D eigenvalue weighted by atomic mass is 9.81. The smallest absolute Gasteiger partial charge is 0.143 e. The number of furan rings is 2. The summed E-state index contributed by atoms with van der Waals surface area (Å²) in [7, 11) is 0. The second-order valence-corrected chi connectivity index (χ2v) is 13.7. The zero-order valence-electron chi connectivity index (χ0n) is 26.5. The monoisotopic (exact) mass is 615 g/mol. The maximum Gasteiger partial charge on any atom is 0.143 e. The van der Waals surface area contributed by atoms with Crippen LogP contribution in [0, 0.1) is 0 Å². The van der Waals surface area contributed by atoms with Gasteiger partial charge in [0, 0.05) is 49.0 Å². The van der Waals surface area contributed by atoms with E-state index in [1.165, 1.54) is 60.7 Å². The molecule has 0 aliphatic heterocycles. The van der Waals surface area contributed by atoms with Crippen molar-refractivity contribution in [1.29, 1.82) is 0 Å². The lowest BCUT2D eigenvalue weighted by Crippen LogP contribution is -2.15. The number of aromatic nitrogens is 1. The van der Waals surface area contributed by atoms with Crippen LogP contribution in [0.2, 0.25) is 0 Å². The van der Waals surface area contributed by atoms with E-state index in [0.717, 1.165) is 44.1 Å². The molecule has 0 unspecified atom stereocenters. The van der Waals surface area contributed by atoms with Crippen molar-refractivity contribution in [2.75, 3.05) is 0 Å². The quantitative estimate of drug-likeness (QED) is 0.194. The van der Waals surface area contributed by atoms with Gasteiger partial charge in [0.25, 0.3) is 0 Å². The van der Waals surface area contributed by atoms with Crippen molar-refractivity contribution < 1.29 is 8.83 Å². The van der Waals surface area contributed by atoms with Crippen molar-refractivity contribution >= 4 is 65.7 Å². The van der Waals surface area contributed by atoms with Gasteiger partial charge in [-0.2, -0.15) is 0 Å². The number of fused-ring (bicyclic) bond motifs is 13. The Kier molecular flexibility index (Phi) is 4.91. The maximum absolute atomic E-state index is 6.44. The van der Waals surface area contributed by atoms with Crippen molar-refractivity contribution in [3.63, 3.8) is 0 Å². The second kappa shape index (κ2) is 9.05. The molecule has 0 fully saturated rings. The Bertz CT molecular complexity index is 2980. The highest BCUT2D eigenvalue weighted by Crippen LogP contribution is 2.51. The van der Waals surface area contributed by atoms with Crippen molar-refractivity contribution in [3.05, 3.63) is 151 Å². The minimum Gasteiger partial charge on any atom is -0.456 e. The minimum absolute atomic E-state index is 0.189. The van der Waals surface area contributed by atoms with Crippen molar-refractivity contribution in [3.8, 4) is 27.9 Å². The fourth-order valence-corrected chi connectivity index (χ4v) is 8.56. The number of hydrogen-bond donors (Lipinski definition) is 0. The summed E-state index contributed by atoms with van der Waals surface area (Å²) in [6.45, 7) is 4.72. The molecule has 0 amide bonds. The van der Waals surface area contributed by atoms with Gasteiger partial charge in [0.1, 0.15) is 22.3 Å². The van der Waals surface area contributed by atoms with Crippen LogP contribution in [0.1, 0.15) is 25.0 Å². The van der Waals surface area contributed by atoms with E-state index in [9.17, 15) is 0 Å². The molecule has 10 aromatic rings. The molecule has 3 heteroatoms. The first-order valence-corrected chi connectivity index (χ1v) is 16.6. The molecule has 226 valence electrons. The molecule has 3 aromatic heterocycles. The molecule has 3 nitrogen and oxygen atoms in total. The Morgan fingerprint density at radius 3 is 2.00 bits per heavy atom. The van der Waals surface area contributed by atoms with Crippen LogP contribution in [0.15, 0.2) is 148 Å². The molecule has 48 heavy (non-hydrogen) atoms. The molecule has 0 spiro atoms. The van der Waals surface area contributed by atoms with E-state index in [1.807, 2.05) is 12.1 Å². The van der Waals surface area contributed by atoms with E-state index < -0.39 is 0 Å². The van der Waals surface area contributed by atoms with Crippen LogP contribution in [0.5, 0.6) is 0 Å². The number of para-hydroxylation sites is 4. The Labute approximate surface area is 276 Å². The van der Waals surface area contributed by atoms with Gasteiger partial charge in [-0.25, -0.2) is 0 Å². The first-order chi connectivity index (χ1) is 23.6. The number of benzene rings is 7. The fourth-order valence-electron chi connectivity index (χ4n) is 8.56. The largest absolute Gasteiger partial charge is 0.456 e. The summed E-state index contributed by atoms with van der Waals surface area (Å²) in [6.07, 6.45) is 0. The third kappa shape index (κ3) is 3.28. The first-order valence-electron chi connectivity index (χ1n) is 16.6. The standard InChI is InChI=1S/C45H29NO2/c1-45(2)35-24-26(28-13-9-14-32-31-10-4-7-16-39(31)48-44(28)32)18-20-29(35)30-21-19-27(25-36(30)45)46-37-15-6-3-11-33(37)42-38(46)22-23-41-43(42)34-12-5-8-17-40(34)47-41/h3-25H,1-2H3. The predicted octanol–water partition coefficient (Wildman–Crippen LogP) is 12.6. The van der Waals surface area contributed by atoms with Crippen LogP contribution in [0.4, 0.5) is 0 Å². The van der Waals surface area contributed by atoms with Crippen LogP contribution < -0.4 is 0 Å². The zero-order chi connectivity index (χ0) is 31.7. The van der Waals surface area contributed by atoms with Gasteiger partial charge in [-0.1, -0.05) is 105 Å². The second-order valence-electron chi connectivity index (χ2n) is 13.7. The lowest BCUT2D eigenvalue weighted by molar-refractivity contribution is 0.659. The molecule has 0 bridgehead atoms. The van der Waals surface area contributed by atoms with E-state index in [4.69, 9.17) is 8.83 Å². The molecule has 7 aromatic carbocycles. The van der Waals surface area contributed by atoms with Crippen molar-refractivity contribution in [2.45, 2.75) is 19.3 Å². The third-order valence-corrected chi connectivity index (χ3v) is 10.8. The van der Waals surface area contributed by atoms with Gasteiger partial charge in [0.05, 0.1) is 11.0 Å². The van der Waals surface area contributed by atoms with Crippen LogP contribution in [0.25, 0.3) is 93.6 Å². The fraction of sp³-hybridized carbons (Fsp3) is 0.0667. The number of hydrogen-bond acceptors (Lipinski definition) is 2. The Hall–Kier alpha value is -6.06. The van der Waals surface area contributed by atoms with Gasteiger partial charge in [0.2, 0.25) is 0 Å². The third-order valence-electron chi connectivity index (χ3n) is 10.8. The van der Waals surface area contributed by atoms with E-state index in [2.05, 4.69) is 146 Å². The van der Waals surface area contributed by atoms with E-state index in [0.29, 0.717) is 0 Å². The molecule has 1 aliphatic carbocycles. The number of nitrogens with zero attached hydrogens (tertiary/aromatic N) is 1. The van der Waals surface area contributed by atoms with Gasteiger partial charge >= 0.3 is 0 Å². The van der Waals surface area contributed by atoms with Gasteiger partial charge < -0.3 is 13.4 Å². The molecule has 0 saturated heterocycles. The van der Waals surface area contributed by atoms with Crippen LogP contribution >= 0.6 is 0 Å². The molecule has 0 atom stereocenters. The van der Waals surface area contributed by atoms with Gasteiger partial charge in [-0.05, 0) is 76.3 Å². The van der Waals surface area contributed by atoms with Gasteiger partial charge in [0.15, 0.2) is 0 Å². The molecule has 1 aliphatic rings. The summed E-state index contributed by atoms with van der Waals surface area (Å²) in [5.74, 6) is 0. The SMILES string of the molecule is CC1(C)c2cc(-c3cccc4c3oc3ccccc34)ccc2-c2ccc(-n3c4ccccc4c4c5c(ccc43)oc3ccccc35)cc21. The highest BCUT2D eigenvalue weighted by molar-refractivity contribution is 6.27. The minimum atomic E-state index is -0.189. The molecular weight excluding hydrogens is 587 g/mol. The predicted molar refractivity (Wildman–Crippen MR) is 198 cm³/mol. The van der Waals surface area contributed by atoms with Gasteiger partial charge in [-0.3, -0.25) is 0 Å². The summed E-state index contributed by atoms with van der Waals surface area (Å²) in [6, 6.07) is 50.2. The summed E-state index contributed by atoms with van der Waals surface area (Å²) < 4.78 is 15.2. The van der Waals surface area contributed by atoms with E-state index in [-0.39, 0.29) is 5.41 Å². The van der Waals surface area contributed by atoms with E-state index >= 15 is 0 Å². The topological polar surface area (TPSA) is 31.2 Å². The Balaban J connectivity index is 1.10. The Morgan fingerprint density at radius 2 is 1.15 bits per heavy atom. The average Bonchev–Trinajstić information content (AvgIpc) is 3.85. The molecule has 11 rings (SSSR count). The normalized spacial score (nSPS) is 13.8. The molecule has 0 N–H and O–H groups in total. The van der Waals surface area contributed by atoms with E-state index in [1.54, 1.807) is 0 Å². The average molecular weight is 616 g/mol. The Morgan fingerprint density at radius 1 is 0.458 bits per heavy atom. The summed E-state index contributed by atoms with van der Waals surface area (Å²) in [4.78, 5) is 0. The van der Waals surface area contributed by atoms with Crippen molar-refractivity contribution in [2.24, 2.45) is 0 Å². The van der Waals surface area contributed by atoms with Crippen LogP contribution in [-0.2, 0) is 5.41 Å². The van der Waals surface area contributed by atoms with Crippen molar-refractivity contribution in [1.82, 2.24) is 4.57 Å². The van der Waals surface area contributed by atoms with Gasteiger partial charge in [-0.15, -0.1) is 0 Å². The first kappa shape index (κ1) is 26.1. The maximum atomic E-state index is 6.44. The highest BCUT2D eigenvalue weighted by atomic mass is 16.3. The summed E-state index contributed by atoms with van der Waals surface area (Å²) in [5.41, 5.74) is 14.7. The molecule has 0 radical (unpaired) electrons. The van der Waals surface area contributed by atoms with Crippen LogP contribution in [0.3, 0.4) is 0 Å². The molecule has 0 saturated carbocycles. The zero-order valence-corrected chi connectivity index (χ0v) is 26.5. The van der Waals surface area contributed by atoms with Crippen LogP contribution in [-0.4, -0.2) is 4.57 Å². The lowest BCUT2D eigenvalue weighted by Gasteiger charge is -2.23. The molecule has 3 heterocycles. The highest BCUT2D eigenvalue weighted by Gasteiger charge is 2.36.